The van der Waals surface area contributed by atoms with Crippen molar-refractivity contribution in [2.24, 2.45) is 0 Å². The number of hydrogen-bond donors (Lipinski definition) is 2. The zero-order valence-corrected chi connectivity index (χ0v) is 11.6. The number of amides is 1. The minimum absolute atomic E-state index is 0.0156. The van der Waals surface area contributed by atoms with Crippen LogP contribution in [-0.2, 0) is 11.2 Å². The summed E-state index contributed by atoms with van der Waals surface area (Å²) in [7, 11) is 0. The first-order valence-electron chi connectivity index (χ1n) is 7.40. The fourth-order valence-electron chi connectivity index (χ4n) is 3.00. The summed E-state index contributed by atoms with van der Waals surface area (Å²) in [5.41, 5.74) is 1.64. The number of piperazine rings is 1. The first-order valence-corrected chi connectivity index (χ1v) is 7.40. The largest absolute Gasteiger partial charge is 0.353 e. The second-order valence-electron chi connectivity index (χ2n) is 5.76. The van der Waals surface area contributed by atoms with E-state index in [0.29, 0.717) is 19.0 Å². The molecule has 5 nitrogen and oxygen atoms in total. The zero-order valence-electron chi connectivity index (χ0n) is 11.6. The molecule has 1 unspecified atom stereocenters. The maximum Gasteiger partial charge on any atom is 0.237 e. The van der Waals surface area contributed by atoms with Crippen molar-refractivity contribution in [3.63, 3.8) is 0 Å². The Hall–Kier alpha value is -1.95. The van der Waals surface area contributed by atoms with Crippen LogP contribution in [0.2, 0.25) is 0 Å². The normalized spacial score (nSPS) is 22.5. The Morgan fingerprint density at radius 3 is 2.95 bits per heavy atom. The van der Waals surface area contributed by atoms with Gasteiger partial charge in [-0.15, -0.1) is 0 Å². The molecule has 1 saturated heterocycles. The summed E-state index contributed by atoms with van der Waals surface area (Å²) < 4.78 is 15.6. The van der Waals surface area contributed by atoms with Gasteiger partial charge in [0.1, 0.15) is 11.6 Å². The van der Waals surface area contributed by atoms with Gasteiger partial charge in [0.05, 0.1) is 17.1 Å². The Kier molecular flexibility index (Phi) is 2.92. The van der Waals surface area contributed by atoms with E-state index in [2.05, 4.69) is 20.2 Å². The highest BCUT2D eigenvalue weighted by atomic mass is 19.1. The molecule has 1 saturated carbocycles. The standard InChI is InChI=1S/C15H17FN4O/c16-9-1-4-11-13(7-9)20(10-2-3-10)14(19-11)8-12-15(21)18-6-5-17-12/h1,4,7,10,12,17H,2-3,5-6,8H2,(H,18,21). The van der Waals surface area contributed by atoms with E-state index in [1.54, 1.807) is 12.1 Å². The summed E-state index contributed by atoms with van der Waals surface area (Å²) in [6, 6.07) is 4.83. The molecule has 1 amide bonds. The second-order valence-corrected chi connectivity index (χ2v) is 5.76. The molecule has 1 aromatic heterocycles. The number of rotatable bonds is 3. The van der Waals surface area contributed by atoms with E-state index in [0.717, 1.165) is 36.2 Å². The smallest absolute Gasteiger partial charge is 0.237 e. The SMILES string of the molecule is O=C1NCCNC1Cc1nc2ccc(F)cc2n1C1CC1. The first kappa shape index (κ1) is 12.8. The van der Waals surface area contributed by atoms with Crippen LogP contribution in [0.25, 0.3) is 11.0 Å². The fourth-order valence-corrected chi connectivity index (χ4v) is 3.00. The van der Waals surface area contributed by atoms with Crippen molar-refractivity contribution in [2.75, 3.05) is 13.1 Å². The van der Waals surface area contributed by atoms with Gasteiger partial charge in [0, 0.05) is 25.6 Å². The molecule has 2 fully saturated rings. The van der Waals surface area contributed by atoms with E-state index in [1.165, 1.54) is 6.07 Å². The van der Waals surface area contributed by atoms with E-state index >= 15 is 0 Å². The minimum atomic E-state index is -0.252. The van der Waals surface area contributed by atoms with Crippen LogP contribution in [0.3, 0.4) is 0 Å². The third-order valence-electron chi connectivity index (χ3n) is 4.15. The summed E-state index contributed by atoms with van der Waals surface area (Å²) >= 11 is 0. The molecular formula is C15H17FN4O. The quantitative estimate of drug-likeness (QED) is 0.890. The molecule has 2 N–H and O–H groups in total. The van der Waals surface area contributed by atoms with Gasteiger partial charge in [0.2, 0.25) is 5.91 Å². The van der Waals surface area contributed by atoms with Crippen LogP contribution in [0.5, 0.6) is 0 Å². The van der Waals surface area contributed by atoms with Crippen molar-refractivity contribution in [1.82, 2.24) is 20.2 Å². The van der Waals surface area contributed by atoms with E-state index in [9.17, 15) is 9.18 Å². The maximum atomic E-state index is 13.5. The van der Waals surface area contributed by atoms with Crippen molar-refractivity contribution in [1.29, 1.82) is 0 Å². The lowest BCUT2D eigenvalue weighted by Gasteiger charge is -2.23. The Morgan fingerprint density at radius 1 is 1.33 bits per heavy atom. The monoisotopic (exact) mass is 288 g/mol. The topological polar surface area (TPSA) is 59.0 Å². The van der Waals surface area contributed by atoms with Crippen LogP contribution in [0.4, 0.5) is 4.39 Å². The van der Waals surface area contributed by atoms with Gasteiger partial charge < -0.3 is 15.2 Å². The number of halogens is 1. The summed E-state index contributed by atoms with van der Waals surface area (Å²) in [6.45, 7) is 1.44. The molecule has 110 valence electrons. The van der Waals surface area contributed by atoms with Crippen molar-refractivity contribution in [2.45, 2.75) is 31.3 Å². The number of benzene rings is 1. The maximum absolute atomic E-state index is 13.5. The molecule has 1 aliphatic carbocycles. The lowest BCUT2D eigenvalue weighted by atomic mass is 10.1. The molecule has 6 heteroatoms. The average molecular weight is 288 g/mol. The number of carbonyl (C=O) groups is 1. The summed E-state index contributed by atoms with van der Waals surface area (Å²) in [6.07, 6.45) is 2.73. The highest BCUT2D eigenvalue weighted by Crippen LogP contribution is 2.39. The molecule has 0 bridgehead atoms. The molecule has 1 atom stereocenters. The summed E-state index contributed by atoms with van der Waals surface area (Å²) in [5.74, 6) is 0.638. The molecule has 1 aliphatic heterocycles. The third-order valence-corrected chi connectivity index (χ3v) is 4.15. The molecule has 4 rings (SSSR count). The third kappa shape index (κ3) is 2.29. The van der Waals surface area contributed by atoms with E-state index in [-0.39, 0.29) is 17.8 Å². The van der Waals surface area contributed by atoms with Crippen LogP contribution in [0.15, 0.2) is 18.2 Å². The van der Waals surface area contributed by atoms with Crippen molar-refractivity contribution < 1.29 is 9.18 Å². The van der Waals surface area contributed by atoms with Gasteiger partial charge in [-0.2, -0.15) is 0 Å². The van der Waals surface area contributed by atoms with Crippen LogP contribution in [0.1, 0.15) is 24.7 Å². The van der Waals surface area contributed by atoms with Crippen molar-refractivity contribution in [3.8, 4) is 0 Å². The highest BCUT2D eigenvalue weighted by Gasteiger charge is 2.31. The molecule has 2 aliphatic rings. The molecule has 2 aromatic rings. The number of aromatic nitrogens is 2. The number of fused-ring (bicyclic) bond motifs is 1. The van der Waals surface area contributed by atoms with Gasteiger partial charge in [-0.3, -0.25) is 4.79 Å². The number of carbonyl (C=O) groups excluding carboxylic acids is 1. The van der Waals surface area contributed by atoms with E-state index in [1.807, 2.05) is 0 Å². The number of hydrogen-bond acceptors (Lipinski definition) is 3. The van der Waals surface area contributed by atoms with Gasteiger partial charge in [0.15, 0.2) is 0 Å². The van der Waals surface area contributed by atoms with E-state index in [4.69, 9.17) is 0 Å². The number of nitrogens with zero attached hydrogens (tertiary/aromatic N) is 2. The number of imidazole rings is 1. The lowest BCUT2D eigenvalue weighted by Crippen LogP contribution is -2.54. The van der Waals surface area contributed by atoms with Crippen LogP contribution < -0.4 is 10.6 Å². The highest BCUT2D eigenvalue weighted by molar-refractivity contribution is 5.83. The van der Waals surface area contributed by atoms with Gasteiger partial charge >= 0.3 is 0 Å². The number of nitrogens with one attached hydrogen (secondary N) is 2. The summed E-state index contributed by atoms with van der Waals surface area (Å²) in [5, 5.41) is 6.08. The van der Waals surface area contributed by atoms with E-state index < -0.39 is 0 Å². The molecule has 21 heavy (non-hydrogen) atoms. The van der Waals surface area contributed by atoms with Crippen LogP contribution in [-0.4, -0.2) is 34.6 Å². The van der Waals surface area contributed by atoms with Crippen molar-refractivity contribution >= 4 is 16.9 Å². The molecule has 0 radical (unpaired) electrons. The first-order chi connectivity index (χ1) is 10.2. The van der Waals surface area contributed by atoms with Gasteiger partial charge in [0.25, 0.3) is 0 Å². The lowest BCUT2D eigenvalue weighted by molar-refractivity contribution is -0.124. The minimum Gasteiger partial charge on any atom is -0.353 e. The van der Waals surface area contributed by atoms with Crippen molar-refractivity contribution in [3.05, 3.63) is 29.8 Å². The predicted octanol–water partition coefficient (Wildman–Crippen LogP) is 1.14. The molecular weight excluding hydrogens is 271 g/mol. The Labute approximate surface area is 121 Å². The molecule has 0 spiro atoms. The summed E-state index contributed by atoms with van der Waals surface area (Å²) in [4.78, 5) is 16.5. The Bertz CT molecular complexity index is 707. The van der Waals surface area contributed by atoms with Gasteiger partial charge in [-0.25, -0.2) is 9.37 Å². The van der Waals surface area contributed by atoms with Crippen LogP contribution in [0, 0.1) is 5.82 Å². The van der Waals surface area contributed by atoms with Crippen LogP contribution >= 0.6 is 0 Å². The fraction of sp³-hybridized carbons (Fsp3) is 0.467. The Morgan fingerprint density at radius 2 is 2.19 bits per heavy atom. The van der Waals surface area contributed by atoms with Gasteiger partial charge in [-0.05, 0) is 31.0 Å². The molecule has 2 heterocycles. The predicted molar refractivity (Wildman–Crippen MR) is 76.5 cm³/mol. The second kappa shape index (κ2) is 4.80. The molecule has 1 aromatic carbocycles. The van der Waals surface area contributed by atoms with Gasteiger partial charge in [-0.1, -0.05) is 0 Å². The zero-order chi connectivity index (χ0) is 14.4. The Balaban J connectivity index is 1.73. The average Bonchev–Trinajstić information content (AvgIpc) is 3.24.